The third kappa shape index (κ3) is 2.75. The van der Waals surface area contributed by atoms with Gasteiger partial charge in [0.25, 0.3) is 5.69 Å². The number of aromatic nitrogens is 1. The smallest absolute Gasteiger partial charge is 0.269 e. The van der Waals surface area contributed by atoms with Gasteiger partial charge >= 0.3 is 0 Å². The van der Waals surface area contributed by atoms with E-state index in [0.717, 1.165) is 5.56 Å². The van der Waals surface area contributed by atoms with Crippen LogP contribution in [-0.4, -0.2) is 9.91 Å². The second-order valence-electron chi connectivity index (χ2n) is 3.63. The van der Waals surface area contributed by atoms with Gasteiger partial charge in [0.2, 0.25) is 0 Å². The van der Waals surface area contributed by atoms with E-state index in [1.807, 2.05) is 6.92 Å². The van der Waals surface area contributed by atoms with Crippen molar-refractivity contribution in [3.05, 3.63) is 57.4 Å². The molecule has 0 spiro atoms. The Labute approximate surface area is 108 Å². The normalized spacial score (nSPS) is 10.1. The fourth-order valence-electron chi connectivity index (χ4n) is 1.35. The van der Waals surface area contributed by atoms with Crippen molar-refractivity contribution >= 4 is 17.3 Å². The van der Waals surface area contributed by atoms with Gasteiger partial charge in [0.05, 0.1) is 4.92 Å². The number of hydrogen-bond donors (Lipinski definition) is 0. The summed E-state index contributed by atoms with van der Waals surface area (Å²) in [5, 5.41) is 10.8. The summed E-state index contributed by atoms with van der Waals surface area (Å²) in [4.78, 5) is 14.0. The predicted molar refractivity (Wildman–Crippen MR) is 67.2 cm³/mol. The lowest BCUT2D eigenvalue weighted by atomic mass is 10.3. The van der Waals surface area contributed by atoms with E-state index in [2.05, 4.69) is 4.98 Å². The van der Waals surface area contributed by atoms with Crippen LogP contribution in [0.4, 0.5) is 5.69 Å². The topological polar surface area (TPSA) is 65.3 Å². The highest BCUT2D eigenvalue weighted by atomic mass is 35.5. The van der Waals surface area contributed by atoms with Crippen LogP contribution in [-0.2, 0) is 0 Å². The van der Waals surface area contributed by atoms with E-state index >= 15 is 0 Å². The second kappa shape index (κ2) is 5.01. The van der Waals surface area contributed by atoms with Gasteiger partial charge in [-0.1, -0.05) is 11.6 Å². The molecule has 1 heterocycles. The van der Waals surface area contributed by atoms with Crippen molar-refractivity contribution in [3.63, 3.8) is 0 Å². The molecule has 0 saturated heterocycles. The molecular formula is C12H9ClN2O3. The van der Waals surface area contributed by atoms with E-state index in [-0.39, 0.29) is 5.69 Å². The molecular weight excluding hydrogens is 256 g/mol. The first-order valence-electron chi connectivity index (χ1n) is 5.11. The highest BCUT2D eigenvalue weighted by Gasteiger charge is 2.07. The molecule has 0 radical (unpaired) electrons. The third-order valence-electron chi connectivity index (χ3n) is 2.30. The lowest BCUT2D eigenvalue weighted by molar-refractivity contribution is -0.384. The number of aryl methyl sites for hydroxylation is 1. The first kappa shape index (κ1) is 12.3. The van der Waals surface area contributed by atoms with Crippen molar-refractivity contribution < 1.29 is 9.66 Å². The van der Waals surface area contributed by atoms with Crippen LogP contribution < -0.4 is 4.74 Å². The molecule has 2 rings (SSSR count). The zero-order chi connectivity index (χ0) is 13.1. The molecule has 0 N–H and O–H groups in total. The van der Waals surface area contributed by atoms with Crippen LogP contribution in [0.15, 0.2) is 36.5 Å². The summed E-state index contributed by atoms with van der Waals surface area (Å²) >= 11 is 5.77. The second-order valence-corrected chi connectivity index (χ2v) is 4.01. The predicted octanol–water partition coefficient (Wildman–Crippen LogP) is 3.74. The van der Waals surface area contributed by atoms with Gasteiger partial charge in [-0.05, 0) is 19.1 Å². The molecule has 6 heteroatoms. The summed E-state index contributed by atoms with van der Waals surface area (Å²) in [7, 11) is 0. The van der Waals surface area contributed by atoms with Gasteiger partial charge in [-0.25, -0.2) is 4.98 Å². The van der Waals surface area contributed by atoms with Crippen molar-refractivity contribution in [1.82, 2.24) is 4.98 Å². The third-order valence-corrected chi connectivity index (χ3v) is 2.50. The van der Waals surface area contributed by atoms with E-state index in [9.17, 15) is 10.1 Å². The molecule has 0 aliphatic rings. The molecule has 0 atom stereocenters. The molecule has 1 aromatic heterocycles. The van der Waals surface area contributed by atoms with Crippen LogP contribution >= 0.6 is 11.6 Å². The van der Waals surface area contributed by atoms with E-state index in [4.69, 9.17) is 16.3 Å². The Balaban J connectivity index is 2.23. The summed E-state index contributed by atoms with van der Waals surface area (Å²) < 4.78 is 5.58. The highest BCUT2D eigenvalue weighted by molar-refractivity contribution is 6.29. The SMILES string of the molecule is Cc1cnc(Cl)cc1Oc1ccc([N+](=O)[O-])cc1. The lowest BCUT2D eigenvalue weighted by Crippen LogP contribution is -1.90. The van der Waals surface area contributed by atoms with Crippen LogP contribution in [0.25, 0.3) is 0 Å². The number of rotatable bonds is 3. The average molecular weight is 265 g/mol. The molecule has 0 aliphatic heterocycles. The van der Waals surface area contributed by atoms with Gasteiger partial charge in [0, 0.05) is 30.0 Å². The number of nitrogens with zero attached hydrogens (tertiary/aromatic N) is 2. The van der Waals surface area contributed by atoms with Crippen LogP contribution in [0.5, 0.6) is 11.5 Å². The largest absolute Gasteiger partial charge is 0.457 e. The van der Waals surface area contributed by atoms with Crippen LogP contribution in [0, 0.1) is 17.0 Å². The first-order chi connectivity index (χ1) is 8.56. The zero-order valence-corrected chi connectivity index (χ0v) is 10.2. The Hall–Kier alpha value is -2.14. The van der Waals surface area contributed by atoms with Gasteiger partial charge in [-0.15, -0.1) is 0 Å². The molecule has 0 saturated carbocycles. The number of halogens is 1. The summed E-state index contributed by atoms with van der Waals surface area (Å²) in [6, 6.07) is 7.43. The van der Waals surface area contributed by atoms with Crippen molar-refractivity contribution in [3.8, 4) is 11.5 Å². The van der Waals surface area contributed by atoms with Crippen molar-refractivity contribution in [2.45, 2.75) is 6.92 Å². The maximum atomic E-state index is 10.5. The number of nitro benzene ring substituents is 1. The standard InChI is InChI=1S/C12H9ClN2O3/c1-8-7-14-12(13)6-11(8)18-10-4-2-9(3-5-10)15(16)17/h2-7H,1H3. The molecule has 0 unspecified atom stereocenters. The molecule has 92 valence electrons. The molecule has 2 aromatic rings. The molecule has 0 amide bonds. The average Bonchev–Trinajstić information content (AvgIpc) is 2.34. The Morgan fingerprint density at radius 1 is 1.33 bits per heavy atom. The van der Waals surface area contributed by atoms with Crippen LogP contribution in [0.2, 0.25) is 5.15 Å². The van der Waals surface area contributed by atoms with E-state index in [1.165, 1.54) is 24.3 Å². The Bertz CT molecular complexity index is 584. The monoisotopic (exact) mass is 264 g/mol. The maximum absolute atomic E-state index is 10.5. The Morgan fingerprint density at radius 2 is 2.00 bits per heavy atom. The Kier molecular flexibility index (Phi) is 3.43. The van der Waals surface area contributed by atoms with Gasteiger partial charge in [-0.2, -0.15) is 0 Å². The van der Waals surface area contributed by atoms with Crippen molar-refractivity contribution in [2.75, 3.05) is 0 Å². The summed E-state index contributed by atoms with van der Waals surface area (Å²) in [6.07, 6.45) is 1.60. The minimum Gasteiger partial charge on any atom is -0.457 e. The molecule has 1 aromatic carbocycles. The maximum Gasteiger partial charge on any atom is 0.269 e. The minimum absolute atomic E-state index is 0.0202. The van der Waals surface area contributed by atoms with Crippen LogP contribution in [0.1, 0.15) is 5.56 Å². The zero-order valence-electron chi connectivity index (χ0n) is 9.46. The summed E-state index contributed by atoms with van der Waals surface area (Å²) in [5.41, 5.74) is 0.851. The van der Waals surface area contributed by atoms with Crippen molar-refractivity contribution in [1.29, 1.82) is 0 Å². The summed E-state index contributed by atoms with van der Waals surface area (Å²) in [5.74, 6) is 1.08. The number of nitro groups is 1. The van der Waals surface area contributed by atoms with E-state index < -0.39 is 4.92 Å². The van der Waals surface area contributed by atoms with E-state index in [0.29, 0.717) is 16.7 Å². The summed E-state index contributed by atoms with van der Waals surface area (Å²) in [6.45, 7) is 1.84. The quantitative estimate of drug-likeness (QED) is 0.481. The molecule has 0 aliphatic carbocycles. The number of ether oxygens (including phenoxy) is 1. The molecule has 5 nitrogen and oxygen atoms in total. The number of non-ortho nitro benzene ring substituents is 1. The highest BCUT2D eigenvalue weighted by Crippen LogP contribution is 2.27. The number of pyridine rings is 1. The lowest BCUT2D eigenvalue weighted by Gasteiger charge is -2.08. The minimum atomic E-state index is -0.460. The first-order valence-corrected chi connectivity index (χ1v) is 5.48. The number of benzene rings is 1. The van der Waals surface area contributed by atoms with E-state index in [1.54, 1.807) is 12.3 Å². The van der Waals surface area contributed by atoms with Crippen molar-refractivity contribution in [2.24, 2.45) is 0 Å². The Morgan fingerprint density at radius 3 is 2.61 bits per heavy atom. The number of hydrogen-bond acceptors (Lipinski definition) is 4. The van der Waals surface area contributed by atoms with Gasteiger partial charge < -0.3 is 4.74 Å². The van der Waals surface area contributed by atoms with Gasteiger partial charge in [0.15, 0.2) is 0 Å². The molecule has 18 heavy (non-hydrogen) atoms. The fourth-order valence-corrected chi connectivity index (χ4v) is 1.50. The van der Waals surface area contributed by atoms with Gasteiger partial charge in [0.1, 0.15) is 16.7 Å². The fraction of sp³-hybridized carbons (Fsp3) is 0.0833. The molecule has 0 fully saturated rings. The molecule has 0 bridgehead atoms. The van der Waals surface area contributed by atoms with Crippen LogP contribution in [0.3, 0.4) is 0 Å². The van der Waals surface area contributed by atoms with Gasteiger partial charge in [-0.3, -0.25) is 10.1 Å².